The lowest BCUT2D eigenvalue weighted by atomic mass is 10.1. The van der Waals surface area contributed by atoms with Crippen molar-refractivity contribution in [2.24, 2.45) is 5.92 Å². The van der Waals surface area contributed by atoms with Crippen molar-refractivity contribution in [3.63, 3.8) is 0 Å². The third-order valence-corrected chi connectivity index (χ3v) is 3.90. The second-order valence-corrected chi connectivity index (χ2v) is 6.66. The number of aryl methyl sites for hydroxylation is 1. The number of carbonyl (C=O) groups excluding carboxylic acids is 1. The molecule has 0 aliphatic heterocycles. The van der Waals surface area contributed by atoms with E-state index in [9.17, 15) is 9.59 Å². The van der Waals surface area contributed by atoms with Crippen LogP contribution in [0, 0.1) is 19.8 Å². The van der Waals surface area contributed by atoms with E-state index in [1.165, 1.54) is 12.3 Å². The van der Waals surface area contributed by atoms with Gasteiger partial charge in [-0.3, -0.25) is 9.59 Å². The average Bonchev–Trinajstić information content (AvgIpc) is 2.60. The van der Waals surface area contributed by atoms with Gasteiger partial charge in [-0.1, -0.05) is 26.0 Å². The Kier molecular flexibility index (Phi) is 6.83. The molecule has 6 heteroatoms. The normalized spacial score (nSPS) is 10.7. The van der Waals surface area contributed by atoms with E-state index in [4.69, 9.17) is 9.47 Å². The fourth-order valence-corrected chi connectivity index (χ4v) is 2.24. The Labute approximate surface area is 153 Å². The summed E-state index contributed by atoms with van der Waals surface area (Å²) in [5.74, 6) is 1.06. The van der Waals surface area contributed by atoms with Gasteiger partial charge in [-0.15, -0.1) is 0 Å². The molecule has 0 saturated heterocycles. The van der Waals surface area contributed by atoms with Crippen LogP contribution in [0.2, 0.25) is 0 Å². The SMILES string of the molecule is Cc1cccc(OCC(=O)NCc2cc(=O)c(OCC(C)C)c[nH]2)c1C. The van der Waals surface area contributed by atoms with E-state index < -0.39 is 0 Å². The van der Waals surface area contributed by atoms with E-state index in [1.54, 1.807) is 0 Å². The van der Waals surface area contributed by atoms with Crippen LogP contribution in [0.15, 0.2) is 35.3 Å². The maximum absolute atomic E-state index is 12.0. The summed E-state index contributed by atoms with van der Waals surface area (Å²) < 4.78 is 11.0. The molecule has 0 fully saturated rings. The molecule has 0 radical (unpaired) electrons. The minimum atomic E-state index is -0.258. The van der Waals surface area contributed by atoms with Crippen molar-refractivity contribution in [2.45, 2.75) is 34.2 Å². The van der Waals surface area contributed by atoms with Crippen LogP contribution in [0.25, 0.3) is 0 Å². The van der Waals surface area contributed by atoms with Gasteiger partial charge in [-0.25, -0.2) is 0 Å². The summed E-state index contributed by atoms with van der Waals surface area (Å²) in [7, 11) is 0. The molecule has 2 N–H and O–H groups in total. The molecule has 0 saturated carbocycles. The minimum absolute atomic E-state index is 0.0793. The minimum Gasteiger partial charge on any atom is -0.488 e. The summed E-state index contributed by atoms with van der Waals surface area (Å²) >= 11 is 0. The molecule has 0 bridgehead atoms. The number of benzene rings is 1. The summed E-state index contributed by atoms with van der Waals surface area (Å²) in [6, 6.07) is 7.15. The Morgan fingerprint density at radius 1 is 1.19 bits per heavy atom. The lowest BCUT2D eigenvalue weighted by Gasteiger charge is -2.11. The molecule has 6 nitrogen and oxygen atoms in total. The molecule has 0 unspecified atom stereocenters. The van der Waals surface area contributed by atoms with Gasteiger partial charge in [0.2, 0.25) is 5.43 Å². The summed E-state index contributed by atoms with van der Waals surface area (Å²) in [5, 5.41) is 2.73. The average molecular weight is 358 g/mol. The van der Waals surface area contributed by atoms with Gasteiger partial charge in [0.05, 0.1) is 13.2 Å². The van der Waals surface area contributed by atoms with E-state index in [0.29, 0.717) is 24.0 Å². The number of carbonyl (C=O) groups is 1. The third kappa shape index (κ3) is 5.65. The Balaban J connectivity index is 1.84. The first-order valence-corrected chi connectivity index (χ1v) is 8.67. The zero-order valence-electron chi connectivity index (χ0n) is 15.7. The topological polar surface area (TPSA) is 80.4 Å². The van der Waals surface area contributed by atoms with Crippen molar-refractivity contribution >= 4 is 5.91 Å². The van der Waals surface area contributed by atoms with Crippen LogP contribution >= 0.6 is 0 Å². The number of nitrogens with one attached hydrogen (secondary N) is 2. The number of amides is 1. The number of hydrogen-bond donors (Lipinski definition) is 2. The molecule has 1 amide bonds. The van der Waals surface area contributed by atoms with Crippen LogP contribution < -0.4 is 20.2 Å². The van der Waals surface area contributed by atoms with Gasteiger partial charge in [0.15, 0.2) is 12.4 Å². The summed E-state index contributed by atoms with van der Waals surface area (Å²) in [5.41, 5.74) is 2.52. The number of aromatic amines is 1. The Bertz CT molecular complexity index is 812. The van der Waals surface area contributed by atoms with Gasteiger partial charge >= 0.3 is 0 Å². The molecule has 2 rings (SSSR count). The van der Waals surface area contributed by atoms with E-state index >= 15 is 0 Å². The van der Waals surface area contributed by atoms with Crippen molar-refractivity contribution < 1.29 is 14.3 Å². The number of aromatic nitrogens is 1. The first-order chi connectivity index (χ1) is 12.4. The van der Waals surface area contributed by atoms with Gasteiger partial charge < -0.3 is 19.8 Å². The fourth-order valence-electron chi connectivity index (χ4n) is 2.24. The predicted octanol–water partition coefficient (Wildman–Crippen LogP) is 2.72. The van der Waals surface area contributed by atoms with Crippen LogP contribution in [0.1, 0.15) is 30.7 Å². The second kappa shape index (κ2) is 9.08. The van der Waals surface area contributed by atoms with Gasteiger partial charge in [-0.2, -0.15) is 0 Å². The maximum Gasteiger partial charge on any atom is 0.258 e. The Morgan fingerprint density at radius 3 is 2.65 bits per heavy atom. The van der Waals surface area contributed by atoms with Crippen molar-refractivity contribution in [1.82, 2.24) is 10.3 Å². The molecule has 26 heavy (non-hydrogen) atoms. The molecule has 0 aliphatic carbocycles. The lowest BCUT2D eigenvalue weighted by Crippen LogP contribution is -2.29. The van der Waals surface area contributed by atoms with Gasteiger partial charge in [-0.05, 0) is 37.0 Å². The Hall–Kier alpha value is -2.76. The zero-order chi connectivity index (χ0) is 19.1. The van der Waals surface area contributed by atoms with E-state index in [2.05, 4.69) is 10.3 Å². The quantitative estimate of drug-likeness (QED) is 0.760. The van der Waals surface area contributed by atoms with E-state index in [1.807, 2.05) is 45.9 Å². The highest BCUT2D eigenvalue weighted by molar-refractivity contribution is 5.77. The van der Waals surface area contributed by atoms with Crippen LogP contribution in [0.3, 0.4) is 0 Å². The first-order valence-electron chi connectivity index (χ1n) is 8.67. The van der Waals surface area contributed by atoms with E-state index in [0.717, 1.165) is 11.1 Å². The van der Waals surface area contributed by atoms with Gasteiger partial charge in [0.1, 0.15) is 5.75 Å². The molecule has 2 aromatic rings. The predicted molar refractivity (Wildman–Crippen MR) is 101 cm³/mol. The molecule has 140 valence electrons. The highest BCUT2D eigenvalue weighted by Crippen LogP contribution is 2.20. The highest BCUT2D eigenvalue weighted by atomic mass is 16.5. The number of rotatable bonds is 8. The summed E-state index contributed by atoms with van der Waals surface area (Å²) in [6.07, 6.45) is 1.53. The maximum atomic E-state index is 12.0. The summed E-state index contributed by atoms with van der Waals surface area (Å²) in [6.45, 7) is 8.59. The highest BCUT2D eigenvalue weighted by Gasteiger charge is 2.08. The summed E-state index contributed by atoms with van der Waals surface area (Å²) in [4.78, 5) is 26.9. The number of pyridine rings is 1. The second-order valence-electron chi connectivity index (χ2n) is 6.66. The van der Waals surface area contributed by atoms with Crippen LogP contribution in [-0.2, 0) is 11.3 Å². The van der Waals surface area contributed by atoms with Crippen molar-refractivity contribution in [3.05, 3.63) is 57.5 Å². The largest absolute Gasteiger partial charge is 0.488 e. The van der Waals surface area contributed by atoms with Crippen LogP contribution in [-0.4, -0.2) is 24.1 Å². The smallest absolute Gasteiger partial charge is 0.258 e. The molecule has 1 aromatic heterocycles. The first kappa shape index (κ1) is 19.6. The molecular weight excluding hydrogens is 332 g/mol. The van der Waals surface area contributed by atoms with E-state index in [-0.39, 0.29) is 30.2 Å². The molecule has 0 spiro atoms. The number of ether oxygens (including phenoxy) is 2. The van der Waals surface area contributed by atoms with Crippen LogP contribution in [0.4, 0.5) is 0 Å². The standard InChI is InChI=1S/C20H26N2O4/c1-13(2)11-25-19-10-21-16(8-17(19)23)9-22-20(24)12-26-18-7-5-6-14(3)15(18)4/h5-8,10,13H,9,11-12H2,1-4H3,(H,21,23)(H,22,24). The monoisotopic (exact) mass is 358 g/mol. The van der Waals surface area contributed by atoms with Crippen molar-refractivity contribution in [2.75, 3.05) is 13.2 Å². The Morgan fingerprint density at radius 2 is 1.96 bits per heavy atom. The van der Waals surface area contributed by atoms with Crippen molar-refractivity contribution in [3.8, 4) is 11.5 Å². The molecule has 0 aliphatic rings. The fraction of sp³-hybridized carbons (Fsp3) is 0.400. The molecule has 1 heterocycles. The number of hydrogen-bond acceptors (Lipinski definition) is 4. The molecule has 0 atom stereocenters. The molecular formula is C20H26N2O4. The third-order valence-electron chi connectivity index (χ3n) is 3.90. The lowest BCUT2D eigenvalue weighted by molar-refractivity contribution is -0.123. The molecule has 1 aromatic carbocycles. The van der Waals surface area contributed by atoms with Crippen molar-refractivity contribution in [1.29, 1.82) is 0 Å². The van der Waals surface area contributed by atoms with Crippen LogP contribution in [0.5, 0.6) is 11.5 Å². The zero-order valence-corrected chi connectivity index (χ0v) is 15.7. The van der Waals surface area contributed by atoms with Gasteiger partial charge in [0, 0.05) is 18.0 Å². The number of H-pyrrole nitrogens is 1. The van der Waals surface area contributed by atoms with Gasteiger partial charge in [0.25, 0.3) is 5.91 Å².